The molecule has 7 aromatic rings. The van der Waals surface area contributed by atoms with Crippen molar-refractivity contribution in [1.29, 1.82) is 0 Å². The van der Waals surface area contributed by atoms with Gasteiger partial charge in [0.1, 0.15) is 0 Å². The monoisotopic (exact) mass is 553 g/mol. The van der Waals surface area contributed by atoms with E-state index >= 15 is 0 Å². The lowest BCUT2D eigenvalue weighted by Gasteiger charge is -2.39. The maximum absolute atomic E-state index is 2.44. The van der Waals surface area contributed by atoms with E-state index in [2.05, 4.69) is 132 Å². The molecule has 4 heterocycles. The van der Waals surface area contributed by atoms with Gasteiger partial charge in [-0.25, -0.2) is 0 Å². The zero-order chi connectivity index (χ0) is 26.7. The first kappa shape index (κ1) is 22.6. The molecule has 0 aliphatic carbocycles. The van der Waals surface area contributed by atoms with Crippen molar-refractivity contribution in [2.75, 3.05) is 0 Å². The topological polar surface area (TPSA) is 4.93 Å². The molecule has 41 heavy (non-hydrogen) atoms. The van der Waals surface area contributed by atoms with Gasteiger partial charge in [-0.3, -0.25) is 0 Å². The molecule has 1 nitrogen and oxygen atoms in total. The van der Waals surface area contributed by atoms with Crippen LogP contribution in [-0.2, 0) is 0 Å². The van der Waals surface area contributed by atoms with Crippen LogP contribution >= 0.6 is 23.5 Å². The largest absolute Gasteiger partial charge is 0.309 e. The van der Waals surface area contributed by atoms with Crippen molar-refractivity contribution in [2.24, 2.45) is 0 Å². The molecule has 10 rings (SSSR count). The fraction of sp³-hybridized carbons (Fsp3) is 0. The van der Waals surface area contributed by atoms with Crippen molar-refractivity contribution in [3.8, 4) is 5.69 Å². The van der Waals surface area contributed by atoms with Crippen LogP contribution in [0.2, 0.25) is 0 Å². The Bertz CT molecular complexity index is 2200. The lowest BCUT2D eigenvalue weighted by molar-refractivity contribution is 1.17. The van der Waals surface area contributed by atoms with Gasteiger partial charge in [0.15, 0.2) is 0 Å². The highest BCUT2D eigenvalue weighted by Gasteiger charge is 2.45. The summed E-state index contributed by atoms with van der Waals surface area (Å²) in [5.74, 6) is 0. The summed E-state index contributed by atoms with van der Waals surface area (Å²) in [6, 6.07) is 47.7. The minimum atomic E-state index is 0.252. The number of hydrogen-bond donors (Lipinski definition) is 0. The van der Waals surface area contributed by atoms with Crippen LogP contribution in [0.15, 0.2) is 147 Å². The summed E-state index contributed by atoms with van der Waals surface area (Å²) in [4.78, 5) is 5.55. The Hall–Kier alpha value is -4.05. The zero-order valence-electron chi connectivity index (χ0n) is 22.0. The van der Waals surface area contributed by atoms with E-state index < -0.39 is 0 Å². The number of nitrogens with zero attached hydrogens (tertiary/aromatic N) is 1. The van der Waals surface area contributed by atoms with Crippen LogP contribution in [0.3, 0.4) is 0 Å². The normalized spacial score (nSPS) is 14.0. The van der Waals surface area contributed by atoms with E-state index in [-0.39, 0.29) is 6.71 Å². The van der Waals surface area contributed by atoms with Crippen molar-refractivity contribution < 1.29 is 0 Å². The van der Waals surface area contributed by atoms with Gasteiger partial charge < -0.3 is 4.57 Å². The van der Waals surface area contributed by atoms with Gasteiger partial charge in [-0.1, -0.05) is 141 Å². The van der Waals surface area contributed by atoms with Gasteiger partial charge in [-0.15, -0.1) is 0 Å². The molecule has 0 saturated carbocycles. The summed E-state index contributed by atoms with van der Waals surface area (Å²) in [5.41, 5.74) is 12.6. The Morgan fingerprint density at radius 2 is 0.927 bits per heavy atom. The molecule has 0 amide bonds. The van der Waals surface area contributed by atoms with Gasteiger partial charge in [0.05, 0.1) is 11.0 Å². The maximum Gasteiger partial charge on any atom is 0.242 e. The molecule has 188 valence electrons. The number of rotatable bonds is 1. The third-order valence-corrected chi connectivity index (χ3v) is 11.5. The number of hydrogen-bond acceptors (Lipinski definition) is 2. The molecule has 1 aromatic heterocycles. The molecule has 6 aromatic carbocycles. The van der Waals surface area contributed by atoms with Crippen LogP contribution in [0.4, 0.5) is 0 Å². The smallest absolute Gasteiger partial charge is 0.242 e. The predicted molar refractivity (Wildman–Crippen MR) is 178 cm³/mol. The summed E-state index contributed by atoms with van der Waals surface area (Å²) in [6.45, 7) is 0.547. The van der Waals surface area contributed by atoms with Gasteiger partial charge >= 0.3 is 0 Å². The standard InChI is InChI=1S/C36H21B2NS2/c1-4-14-29-23(9-1)24-10-2-5-15-30(24)39(29)22-19-20-26-34(21-22)41-33-18-8-12-27-36(33)38(26)28-13-7-17-32-35(28)37(27)25-11-3-6-16-31(25)40-32/h1-21H. The quantitative estimate of drug-likeness (QED) is 0.262. The Morgan fingerprint density at radius 1 is 0.415 bits per heavy atom. The second kappa shape index (κ2) is 8.25. The van der Waals surface area contributed by atoms with E-state index in [0.29, 0.717) is 6.71 Å². The van der Waals surface area contributed by atoms with Crippen LogP contribution in [0, 0.1) is 0 Å². The highest BCUT2D eigenvalue weighted by molar-refractivity contribution is 8.00. The highest BCUT2D eigenvalue weighted by atomic mass is 32.2. The lowest BCUT2D eigenvalue weighted by atomic mass is 9.21. The van der Waals surface area contributed by atoms with Crippen molar-refractivity contribution >= 4 is 91.5 Å². The Labute approximate surface area is 247 Å². The molecule has 3 aliphatic rings. The van der Waals surface area contributed by atoms with Gasteiger partial charge in [0, 0.05) is 36.0 Å². The van der Waals surface area contributed by atoms with Gasteiger partial charge in [-0.05, 0) is 42.5 Å². The van der Waals surface area contributed by atoms with E-state index in [0.717, 1.165) is 0 Å². The third-order valence-electron chi connectivity index (χ3n) is 9.22. The van der Waals surface area contributed by atoms with Crippen molar-refractivity contribution in [3.05, 3.63) is 127 Å². The molecular weight excluding hydrogens is 532 g/mol. The van der Waals surface area contributed by atoms with E-state index in [1.807, 2.05) is 23.5 Å². The van der Waals surface area contributed by atoms with Crippen LogP contribution in [-0.4, -0.2) is 18.0 Å². The van der Waals surface area contributed by atoms with E-state index in [1.54, 1.807) is 0 Å². The lowest BCUT2D eigenvalue weighted by Crippen LogP contribution is -2.77. The minimum absolute atomic E-state index is 0.252. The van der Waals surface area contributed by atoms with E-state index in [4.69, 9.17) is 0 Å². The summed E-state index contributed by atoms with van der Waals surface area (Å²) in [6.07, 6.45) is 0. The Morgan fingerprint density at radius 3 is 1.61 bits per heavy atom. The molecule has 0 unspecified atom stereocenters. The number of benzene rings is 6. The Balaban J connectivity index is 1.22. The summed E-state index contributed by atoms with van der Waals surface area (Å²) in [7, 11) is 0. The van der Waals surface area contributed by atoms with Crippen LogP contribution in [0.1, 0.15) is 0 Å². The molecule has 0 fully saturated rings. The van der Waals surface area contributed by atoms with Gasteiger partial charge in [-0.2, -0.15) is 0 Å². The maximum atomic E-state index is 2.44. The number of para-hydroxylation sites is 2. The van der Waals surface area contributed by atoms with Crippen molar-refractivity contribution in [1.82, 2.24) is 4.57 Å². The average molecular weight is 553 g/mol. The van der Waals surface area contributed by atoms with Crippen molar-refractivity contribution in [2.45, 2.75) is 19.6 Å². The molecule has 0 saturated heterocycles. The first-order valence-corrected chi connectivity index (χ1v) is 15.8. The fourth-order valence-corrected chi connectivity index (χ4v) is 10.0. The molecule has 0 bridgehead atoms. The van der Waals surface area contributed by atoms with Crippen molar-refractivity contribution in [3.63, 3.8) is 0 Å². The highest BCUT2D eigenvalue weighted by Crippen LogP contribution is 2.36. The number of aromatic nitrogens is 1. The molecule has 0 spiro atoms. The molecule has 0 radical (unpaired) electrons. The summed E-state index contributed by atoms with van der Waals surface area (Å²) >= 11 is 3.88. The summed E-state index contributed by atoms with van der Waals surface area (Å²) < 4.78 is 2.44. The van der Waals surface area contributed by atoms with E-state index in [1.165, 1.54) is 79.9 Å². The molecule has 0 atom stereocenters. The van der Waals surface area contributed by atoms with E-state index in [9.17, 15) is 0 Å². The first-order valence-electron chi connectivity index (χ1n) is 14.2. The average Bonchev–Trinajstić information content (AvgIpc) is 3.36. The van der Waals surface area contributed by atoms with Crippen LogP contribution in [0.25, 0.3) is 27.5 Å². The van der Waals surface area contributed by atoms with Crippen LogP contribution < -0.4 is 32.8 Å². The third kappa shape index (κ3) is 2.98. The molecule has 0 N–H and O–H groups in total. The Kier molecular flexibility index (Phi) is 4.55. The zero-order valence-corrected chi connectivity index (χ0v) is 23.7. The summed E-state index contributed by atoms with van der Waals surface area (Å²) in [5, 5.41) is 2.60. The number of fused-ring (bicyclic) bond motifs is 9. The molecular formula is C36H21B2NS2. The second-order valence-corrected chi connectivity index (χ2v) is 13.4. The fourth-order valence-electron chi connectivity index (χ4n) is 7.62. The minimum Gasteiger partial charge on any atom is -0.309 e. The van der Waals surface area contributed by atoms with Crippen LogP contribution in [0.5, 0.6) is 0 Å². The van der Waals surface area contributed by atoms with Gasteiger partial charge in [0.25, 0.3) is 0 Å². The van der Waals surface area contributed by atoms with Gasteiger partial charge in [0.2, 0.25) is 13.4 Å². The molecule has 5 heteroatoms. The predicted octanol–water partition coefficient (Wildman–Crippen LogP) is 5.06. The SMILES string of the molecule is c1ccc2c(c1)Sc1cccc3c1B2c1cccc2c1B3c1ccc(-n3c4ccccc4c4ccccc43)cc1S2. The second-order valence-electron chi connectivity index (χ2n) is 11.2. The first-order chi connectivity index (χ1) is 20.3. The molecule has 3 aliphatic heterocycles.